The Balaban J connectivity index is 1.81. The van der Waals surface area contributed by atoms with Gasteiger partial charge in [0.2, 0.25) is 0 Å². The standard InChI is InChI=1S/C24H19BrClNO2/c1-15-5-7-16(8-6-15)14-27-22(18-3-2-4-19(25)13-18)21(23(28)24(27)29)17-9-11-20(26)12-10-17/h2-13,22,28H,14H2,1H3/t22-/m1/s1. The van der Waals surface area contributed by atoms with Crippen LogP contribution in [0.1, 0.15) is 28.3 Å². The first-order valence-electron chi connectivity index (χ1n) is 9.25. The maximum absolute atomic E-state index is 13.1. The Labute approximate surface area is 183 Å². The van der Waals surface area contributed by atoms with E-state index in [9.17, 15) is 9.90 Å². The molecule has 0 aromatic heterocycles. The molecule has 1 atom stereocenters. The summed E-state index contributed by atoms with van der Waals surface area (Å²) in [5.41, 5.74) is 4.46. The number of carbonyl (C=O) groups is 1. The summed E-state index contributed by atoms with van der Waals surface area (Å²) < 4.78 is 0.916. The molecule has 0 saturated carbocycles. The number of aliphatic hydroxyl groups is 1. The Hall–Kier alpha value is -2.56. The molecule has 1 N–H and O–H groups in total. The van der Waals surface area contributed by atoms with Gasteiger partial charge in [-0.3, -0.25) is 4.79 Å². The topological polar surface area (TPSA) is 40.5 Å². The third-order valence-electron chi connectivity index (χ3n) is 5.10. The molecule has 3 nitrogen and oxygen atoms in total. The fourth-order valence-electron chi connectivity index (χ4n) is 3.65. The van der Waals surface area contributed by atoms with Gasteiger partial charge in [-0.25, -0.2) is 0 Å². The van der Waals surface area contributed by atoms with Crippen molar-refractivity contribution in [1.29, 1.82) is 0 Å². The fourth-order valence-corrected chi connectivity index (χ4v) is 4.20. The number of halogens is 2. The lowest BCUT2D eigenvalue weighted by Crippen LogP contribution is -2.29. The number of aryl methyl sites for hydroxylation is 1. The maximum Gasteiger partial charge on any atom is 0.290 e. The Bertz CT molecular complexity index is 1090. The molecule has 0 bridgehead atoms. The molecule has 1 amide bonds. The van der Waals surface area contributed by atoms with Crippen LogP contribution in [0.15, 0.2) is 83.0 Å². The quantitative estimate of drug-likeness (QED) is 0.477. The number of rotatable bonds is 4. The molecule has 3 aromatic rings. The number of hydrogen-bond donors (Lipinski definition) is 1. The first-order valence-corrected chi connectivity index (χ1v) is 10.4. The van der Waals surface area contributed by atoms with E-state index in [2.05, 4.69) is 15.9 Å². The van der Waals surface area contributed by atoms with Crippen molar-refractivity contribution in [3.8, 4) is 0 Å². The van der Waals surface area contributed by atoms with E-state index in [0.717, 1.165) is 26.7 Å². The Morgan fingerprint density at radius 2 is 1.72 bits per heavy atom. The molecular weight excluding hydrogens is 450 g/mol. The van der Waals surface area contributed by atoms with Crippen LogP contribution in [0.5, 0.6) is 0 Å². The zero-order valence-electron chi connectivity index (χ0n) is 15.8. The highest BCUT2D eigenvalue weighted by atomic mass is 79.9. The second-order valence-electron chi connectivity index (χ2n) is 7.15. The van der Waals surface area contributed by atoms with Crippen LogP contribution in [0.3, 0.4) is 0 Å². The number of hydrogen-bond acceptors (Lipinski definition) is 2. The van der Waals surface area contributed by atoms with Crippen molar-refractivity contribution in [2.24, 2.45) is 0 Å². The van der Waals surface area contributed by atoms with Gasteiger partial charge in [0.15, 0.2) is 5.76 Å². The molecule has 1 heterocycles. The third-order valence-corrected chi connectivity index (χ3v) is 5.84. The summed E-state index contributed by atoms with van der Waals surface area (Å²) in [5.74, 6) is -0.593. The number of carbonyl (C=O) groups excluding carboxylic acids is 1. The molecule has 0 unspecified atom stereocenters. The SMILES string of the molecule is Cc1ccc(CN2C(=O)C(O)=C(c3ccc(Cl)cc3)[C@H]2c2cccc(Br)c2)cc1. The van der Waals surface area contributed by atoms with E-state index >= 15 is 0 Å². The molecule has 1 aliphatic rings. The molecule has 146 valence electrons. The van der Waals surface area contributed by atoms with Gasteiger partial charge < -0.3 is 10.0 Å². The summed E-state index contributed by atoms with van der Waals surface area (Å²) in [6.45, 7) is 2.43. The van der Waals surface area contributed by atoms with Crippen molar-refractivity contribution in [3.63, 3.8) is 0 Å². The molecule has 0 aliphatic carbocycles. The van der Waals surface area contributed by atoms with E-state index in [4.69, 9.17) is 11.6 Å². The molecule has 4 rings (SSSR count). The third kappa shape index (κ3) is 3.96. The number of benzene rings is 3. The molecule has 0 saturated heterocycles. The smallest absolute Gasteiger partial charge is 0.290 e. The molecule has 3 aromatic carbocycles. The van der Waals surface area contributed by atoms with Crippen LogP contribution in [-0.2, 0) is 11.3 Å². The van der Waals surface area contributed by atoms with Crippen molar-refractivity contribution in [3.05, 3.63) is 110 Å². The first-order chi connectivity index (χ1) is 13.9. The normalized spacial score (nSPS) is 16.6. The Kier molecular flexibility index (Phi) is 5.48. The van der Waals surface area contributed by atoms with Crippen LogP contribution in [0.2, 0.25) is 5.02 Å². The highest BCUT2D eigenvalue weighted by Gasteiger charge is 2.41. The van der Waals surface area contributed by atoms with Crippen molar-refractivity contribution >= 4 is 39.0 Å². The highest BCUT2D eigenvalue weighted by molar-refractivity contribution is 9.10. The van der Waals surface area contributed by atoms with Gasteiger partial charge in [-0.1, -0.05) is 81.6 Å². The minimum atomic E-state index is -0.400. The predicted octanol–water partition coefficient (Wildman–Crippen LogP) is 6.46. The average Bonchev–Trinajstić information content (AvgIpc) is 2.95. The minimum Gasteiger partial charge on any atom is -0.503 e. The van der Waals surface area contributed by atoms with Crippen LogP contribution < -0.4 is 0 Å². The van der Waals surface area contributed by atoms with Gasteiger partial charge in [0.05, 0.1) is 6.04 Å². The van der Waals surface area contributed by atoms with Crippen LogP contribution in [0, 0.1) is 6.92 Å². The lowest BCUT2D eigenvalue weighted by Gasteiger charge is -2.27. The van der Waals surface area contributed by atoms with E-state index < -0.39 is 6.04 Å². The zero-order valence-corrected chi connectivity index (χ0v) is 18.1. The zero-order chi connectivity index (χ0) is 20.5. The number of aliphatic hydroxyl groups excluding tert-OH is 1. The van der Waals surface area contributed by atoms with Crippen molar-refractivity contribution in [2.75, 3.05) is 0 Å². The van der Waals surface area contributed by atoms with Crippen LogP contribution in [0.4, 0.5) is 0 Å². The van der Waals surface area contributed by atoms with Crippen molar-refractivity contribution < 1.29 is 9.90 Å². The van der Waals surface area contributed by atoms with Gasteiger partial charge in [-0.15, -0.1) is 0 Å². The van der Waals surface area contributed by atoms with E-state index in [1.807, 2.05) is 67.6 Å². The van der Waals surface area contributed by atoms with Crippen LogP contribution in [-0.4, -0.2) is 15.9 Å². The summed E-state index contributed by atoms with van der Waals surface area (Å²) in [4.78, 5) is 14.8. The van der Waals surface area contributed by atoms with Crippen molar-refractivity contribution in [2.45, 2.75) is 19.5 Å². The van der Waals surface area contributed by atoms with Crippen molar-refractivity contribution in [1.82, 2.24) is 4.90 Å². The van der Waals surface area contributed by atoms with E-state index in [-0.39, 0.29) is 11.7 Å². The highest BCUT2D eigenvalue weighted by Crippen LogP contribution is 2.44. The molecule has 0 fully saturated rings. The van der Waals surface area contributed by atoms with E-state index in [1.54, 1.807) is 17.0 Å². The van der Waals surface area contributed by atoms with Crippen LogP contribution >= 0.6 is 27.5 Å². The van der Waals surface area contributed by atoms with Gasteiger partial charge in [0.25, 0.3) is 5.91 Å². The fraction of sp³-hybridized carbons (Fsp3) is 0.125. The van der Waals surface area contributed by atoms with E-state index in [1.165, 1.54) is 0 Å². The largest absolute Gasteiger partial charge is 0.503 e. The summed E-state index contributed by atoms with van der Waals surface area (Å²) in [6, 6.07) is 22.7. The second kappa shape index (κ2) is 8.05. The van der Waals surface area contributed by atoms with Gasteiger partial charge >= 0.3 is 0 Å². The molecular formula is C24H19BrClNO2. The van der Waals surface area contributed by atoms with Crippen LogP contribution in [0.25, 0.3) is 5.57 Å². The average molecular weight is 469 g/mol. The second-order valence-corrected chi connectivity index (χ2v) is 8.50. The monoisotopic (exact) mass is 467 g/mol. The Morgan fingerprint density at radius 3 is 2.38 bits per heavy atom. The van der Waals surface area contributed by atoms with Gasteiger partial charge in [-0.2, -0.15) is 0 Å². The molecule has 5 heteroatoms. The van der Waals surface area contributed by atoms with E-state index in [0.29, 0.717) is 17.1 Å². The number of nitrogens with zero attached hydrogens (tertiary/aromatic N) is 1. The van der Waals surface area contributed by atoms with Gasteiger partial charge in [-0.05, 0) is 47.9 Å². The summed E-state index contributed by atoms with van der Waals surface area (Å²) >= 11 is 9.56. The molecule has 0 spiro atoms. The maximum atomic E-state index is 13.1. The molecule has 0 radical (unpaired) electrons. The molecule has 29 heavy (non-hydrogen) atoms. The lowest BCUT2D eigenvalue weighted by molar-refractivity contribution is -0.130. The summed E-state index contributed by atoms with van der Waals surface area (Å²) in [6.07, 6.45) is 0. The minimum absolute atomic E-state index is 0.218. The van der Waals surface area contributed by atoms with Gasteiger partial charge in [0, 0.05) is 21.6 Å². The summed E-state index contributed by atoms with van der Waals surface area (Å²) in [5, 5.41) is 11.4. The predicted molar refractivity (Wildman–Crippen MR) is 120 cm³/mol. The lowest BCUT2D eigenvalue weighted by atomic mass is 9.93. The first kappa shape index (κ1) is 19.7. The summed E-state index contributed by atoms with van der Waals surface area (Å²) in [7, 11) is 0. The molecule has 1 aliphatic heterocycles. The Morgan fingerprint density at radius 1 is 1.03 bits per heavy atom. The number of amides is 1. The van der Waals surface area contributed by atoms with Gasteiger partial charge in [0.1, 0.15) is 0 Å².